The number of amides is 1. The molecule has 1 aliphatic heterocycles. The molecule has 4 heteroatoms. The molecule has 1 aromatic carbocycles. The lowest BCUT2D eigenvalue weighted by Crippen LogP contribution is -2.23. The second-order valence-corrected chi connectivity index (χ2v) is 4.70. The van der Waals surface area contributed by atoms with Gasteiger partial charge in [0.1, 0.15) is 0 Å². The lowest BCUT2D eigenvalue weighted by Gasteiger charge is -2.24. The lowest BCUT2D eigenvalue weighted by molar-refractivity contribution is -0.116. The molecule has 0 unspecified atom stereocenters. The van der Waals surface area contributed by atoms with Crippen molar-refractivity contribution >= 4 is 11.6 Å². The molecule has 1 aromatic rings. The fourth-order valence-electron chi connectivity index (χ4n) is 1.92. The van der Waals surface area contributed by atoms with Crippen LogP contribution in [0, 0.1) is 5.92 Å². The molecule has 1 N–H and O–H groups in total. The molecular formula is C13H15F2NO. The first-order chi connectivity index (χ1) is 7.91. The molecule has 2 rings (SSSR count). The number of anilines is 1. The van der Waals surface area contributed by atoms with Gasteiger partial charge in [-0.2, -0.15) is 0 Å². The maximum absolute atomic E-state index is 13.8. The molecule has 0 saturated carbocycles. The molecule has 0 radical (unpaired) electrons. The first kappa shape index (κ1) is 12.0. The number of carbonyl (C=O) groups is 1. The molecule has 0 fully saturated rings. The summed E-state index contributed by atoms with van der Waals surface area (Å²) in [6, 6.07) is 4.47. The zero-order chi connectivity index (χ0) is 12.6. The summed E-state index contributed by atoms with van der Waals surface area (Å²) < 4.78 is 27.7. The van der Waals surface area contributed by atoms with E-state index in [4.69, 9.17) is 0 Å². The Hall–Kier alpha value is -1.45. The number of fused-ring (bicyclic) bond motifs is 1. The molecule has 0 aliphatic carbocycles. The Balaban J connectivity index is 2.37. The third-order valence-electron chi connectivity index (χ3n) is 3.11. The summed E-state index contributed by atoms with van der Waals surface area (Å²) in [5, 5.41) is 2.68. The predicted molar refractivity (Wildman–Crippen MR) is 62.1 cm³/mol. The molecule has 0 saturated heterocycles. The monoisotopic (exact) mass is 239 g/mol. The van der Waals surface area contributed by atoms with E-state index in [1.54, 1.807) is 6.07 Å². The summed E-state index contributed by atoms with van der Waals surface area (Å²) in [4.78, 5) is 11.2. The van der Waals surface area contributed by atoms with Gasteiger partial charge < -0.3 is 5.32 Å². The Morgan fingerprint density at radius 2 is 2.00 bits per heavy atom. The highest BCUT2D eigenvalue weighted by Gasteiger charge is 2.36. The molecule has 17 heavy (non-hydrogen) atoms. The van der Waals surface area contributed by atoms with Gasteiger partial charge in [0.25, 0.3) is 5.92 Å². The summed E-state index contributed by atoms with van der Waals surface area (Å²) in [6.07, 6.45) is 0.896. The van der Waals surface area contributed by atoms with E-state index in [2.05, 4.69) is 5.32 Å². The molecule has 1 aliphatic rings. The number of aryl methyl sites for hydroxylation is 1. The standard InChI is InChI=1S/C13H15F2NO/c1-8(2)13(14,15)10-4-5-11-9(7-10)3-6-12(17)16-11/h4-5,7-8H,3,6H2,1-2H3,(H,16,17). The fraction of sp³-hybridized carbons (Fsp3) is 0.462. The van der Waals surface area contributed by atoms with E-state index in [1.807, 2.05) is 0 Å². The quantitative estimate of drug-likeness (QED) is 0.842. The minimum Gasteiger partial charge on any atom is -0.326 e. The lowest BCUT2D eigenvalue weighted by atomic mass is 9.93. The van der Waals surface area contributed by atoms with Gasteiger partial charge in [-0.1, -0.05) is 19.9 Å². The van der Waals surface area contributed by atoms with Crippen molar-refractivity contribution in [1.29, 1.82) is 0 Å². The Labute approximate surface area is 99.0 Å². The minimum absolute atomic E-state index is 0.0300. The maximum Gasteiger partial charge on any atom is 0.275 e. The SMILES string of the molecule is CC(C)C(F)(F)c1ccc2c(c1)CCC(=O)N2. The molecule has 0 aromatic heterocycles. The second-order valence-electron chi connectivity index (χ2n) is 4.70. The van der Waals surface area contributed by atoms with Crippen molar-refractivity contribution in [3.8, 4) is 0 Å². The number of rotatable bonds is 2. The number of hydrogen-bond donors (Lipinski definition) is 1. The van der Waals surface area contributed by atoms with Crippen LogP contribution in [-0.4, -0.2) is 5.91 Å². The van der Waals surface area contributed by atoms with E-state index in [0.717, 1.165) is 5.56 Å². The molecule has 0 atom stereocenters. The normalized spacial score (nSPS) is 15.7. The van der Waals surface area contributed by atoms with E-state index >= 15 is 0 Å². The highest BCUT2D eigenvalue weighted by Crippen LogP contribution is 2.37. The van der Waals surface area contributed by atoms with Crippen molar-refractivity contribution in [3.05, 3.63) is 29.3 Å². The summed E-state index contributed by atoms with van der Waals surface area (Å²) in [7, 11) is 0. The Morgan fingerprint density at radius 3 is 2.65 bits per heavy atom. The third-order valence-corrected chi connectivity index (χ3v) is 3.11. The summed E-state index contributed by atoms with van der Waals surface area (Å²) in [5.41, 5.74) is 1.48. The van der Waals surface area contributed by atoms with Gasteiger partial charge in [-0.3, -0.25) is 4.79 Å². The molecular weight excluding hydrogens is 224 g/mol. The van der Waals surface area contributed by atoms with Crippen molar-refractivity contribution in [2.75, 3.05) is 5.32 Å². The number of alkyl halides is 2. The molecule has 1 amide bonds. The first-order valence-electron chi connectivity index (χ1n) is 5.72. The minimum atomic E-state index is -2.82. The van der Waals surface area contributed by atoms with Crippen LogP contribution in [-0.2, 0) is 17.1 Å². The van der Waals surface area contributed by atoms with Crippen LogP contribution in [0.25, 0.3) is 0 Å². The number of benzene rings is 1. The summed E-state index contributed by atoms with van der Waals surface area (Å²) in [6.45, 7) is 3.00. The van der Waals surface area contributed by atoms with Crippen LogP contribution in [0.2, 0.25) is 0 Å². The van der Waals surface area contributed by atoms with Crippen molar-refractivity contribution in [2.24, 2.45) is 5.92 Å². The van der Waals surface area contributed by atoms with Gasteiger partial charge >= 0.3 is 0 Å². The molecule has 0 bridgehead atoms. The average Bonchev–Trinajstić information content (AvgIpc) is 2.28. The van der Waals surface area contributed by atoms with Gasteiger partial charge in [0, 0.05) is 23.6 Å². The molecule has 92 valence electrons. The van der Waals surface area contributed by atoms with Crippen molar-refractivity contribution in [2.45, 2.75) is 32.6 Å². The molecule has 2 nitrogen and oxygen atoms in total. The van der Waals surface area contributed by atoms with Crippen molar-refractivity contribution in [1.82, 2.24) is 0 Å². The van der Waals surface area contributed by atoms with Crippen LogP contribution < -0.4 is 5.32 Å². The van der Waals surface area contributed by atoms with E-state index in [-0.39, 0.29) is 11.5 Å². The fourth-order valence-corrected chi connectivity index (χ4v) is 1.92. The van der Waals surface area contributed by atoms with Crippen LogP contribution >= 0.6 is 0 Å². The summed E-state index contributed by atoms with van der Waals surface area (Å²) in [5.74, 6) is -3.61. The van der Waals surface area contributed by atoms with E-state index in [9.17, 15) is 13.6 Å². The molecule has 0 spiro atoms. The highest BCUT2D eigenvalue weighted by atomic mass is 19.3. The van der Waals surface area contributed by atoms with Gasteiger partial charge in [0.05, 0.1) is 0 Å². The van der Waals surface area contributed by atoms with Gasteiger partial charge in [-0.25, -0.2) is 8.78 Å². The average molecular weight is 239 g/mol. The Morgan fingerprint density at radius 1 is 1.29 bits per heavy atom. The van der Waals surface area contributed by atoms with Crippen LogP contribution in [0.5, 0.6) is 0 Å². The molecule has 1 heterocycles. The number of nitrogens with one attached hydrogen (secondary N) is 1. The zero-order valence-electron chi connectivity index (χ0n) is 9.89. The van der Waals surface area contributed by atoms with Gasteiger partial charge in [-0.15, -0.1) is 0 Å². The third kappa shape index (κ3) is 2.16. The van der Waals surface area contributed by atoms with Gasteiger partial charge in [0.2, 0.25) is 5.91 Å². The summed E-state index contributed by atoms with van der Waals surface area (Å²) >= 11 is 0. The van der Waals surface area contributed by atoms with Crippen LogP contribution in [0.1, 0.15) is 31.4 Å². The van der Waals surface area contributed by atoms with Crippen molar-refractivity contribution in [3.63, 3.8) is 0 Å². The highest BCUT2D eigenvalue weighted by molar-refractivity contribution is 5.93. The second kappa shape index (κ2) is 4.09. The number of hydrogen-bond acceptors (Lipinski definition) is 1. The van der Waals surface area contributed by atoms with E-state index in [0.29, 0.717) is 18.5 Å². The Bertz CT molecular complexity index is 455. The van der Waals surface area contributed by atoms with E-state index < -0.39 is 11.8 Å². The number of carbonyl (C=O) groups excluding carboxylic acids is 1. The smallest absolute Gasteiger partial charge is 0.275 e. The predicted octanol–water partition coefficient (Wildman–Crippen LogP) is 3.32. The first-order valence-corrected chi connectivity index (χ1v) is 5.72. The largest absolute Gasteiger partial charge is 0.326 e. The Kier molecular flexibility index (Phi) is 2.89. The topological polar surface area (TPSA) is 29.1 Å². The van der Waals surface area contributed by atoms with Crippen molar-refractivity contribution < 1.29 is 13.6 Å². The zero-order valence-corrected chi connectivity index (χ0v) is 9.89. The van der Waals surface area contributed by atoms with Gasteiger partial charge in [-0.05, 0) is 24.1 Å². The maximum atomic E-state index is 13.8. The van der Waals surface area contributed by atoms with E-state index in [1.165, 1.54) is 26.0 Å². The van der Waals surface area contributed by atoms with Crippen LogP contribution in [0.4, 0.5) is 14.5 Å². The number of halogens is 2. The van der Waals surface area contributed by atoms with Crippen LogP contribution in [0.3, 0.4) is 0 Å². The van der Waals surface area contributed by atoms with Crippen LogP contribution in [0.15, 0.2) is 18.2 Å². The van der Waals surface area contributed by atoms with Gasteiger partial charge in [0.15, 0.2) is 0 Å².